The summed E-state index contributed by atoms with van der Waals surface area (Å²) in [5.74, 6) is 4.42. The lowest BCUT2D eigenvalue weighted by atomic mass is 9.54. The molecule has 1 heteroatoms. The van der Waals surface area contributed by atoms with Gasteiger partial charge in [-0.05, 0) is 59.7 Å². The van der Waals surface area contributed by atoms with Crippen LogP contribution in [-0.4, -0.2) is 23.5 Å². The summed E-state index contributed by atoms with van der Waals surface area (Å²) < 4.78 is 0. The van der Waals surface area contributed by atoms with Gasteiger partial charge in [-0.2, -0.15) is 0 Å². The zero-order chi connectivity index (χ0) is 20.6. The van der Waals surface area contributed by atoms with E-state index in [1.807, 2.05) is 0 Å². The lowest BCUT2D eigenvalue weighted by molar-refractivity contribution is -0.0553. The van der Waals surface area contributed by atoms with Gasteiger partial charge in [0, 0.05) is 18.6 Å². The second kappa shape index (κ2) is 8.76. The lowest BCUT2D eigenvalue weighted by Crippen LogP contribution is -2.55. The third-order valence-corrected chi connectivity index (χ3v) is 9.90. The van der Waals surface area contributed by atoms with Crippen LogP contribution in [0.25, 0.3) is 0 Å². The summed E-state index contributed by atoms with van der Waals surface area (Å²) in [7, 11) is 0. The second-order valence-corrected chi connectivity index (χ2v) is 11.2. The third-order valence-electron chi connectivity index (χ3n) is 9.90. The summed E-state index contributed by atoms with van der Waals surface area (Å²) in [5.41, 5.74) is 0.883. The molecule has 0 spiro atoms. The molecule has 2 saturated carbocycles. The van der Waals surface area contributed by atoms with Gasteiger partial charge in [-0.25, -0.2) is 0 Å². The molecule has 0 saturated heterocycles. The topological polar surface area (TPSA) is 3.24 Å². The van der Waals surface area contributed by atoms with E-state index in [1.54, 1.807) is 0 Å². The molecule has 0 aromatic carbocycles. The van der Waals surface area contributed by atoms with E-state index in [2.05, 4.69) is 74.1 Å². The smallest absolute Gasteiger partial charge is 0.0158 e. The molecular formula is C26H51N. The maximum absolute atomic E-state index is 3.03. The molecule has 2 rings (SSSR count). The van der Waals surface area contributed by atoms with E-state index >= 15 is 0 Å². The quantitative estimate of drug-likeness (QED) is 0.357. The Labute approximate surface area is 172 Å². The molecule has 2 aliphatic carbocycles. The largest absolute Gasteiger partial charge is 0.296 e. The van der Waals surface area contributed by atoms with Crippen molar-refractivity contribution in [3.05, 3.63) is 0 Å². The predicted molar refractivity (Wildman–Crippen MR) is 121 cm³/mol. The highest BCUT2D eigenvalue weighted by atomic mass is 15.2. The normalized spacial score (nSPS) is 37.0. The summed E-state index contributed by atoms with van der Waals surface area (Å²) in [6, 6.07) is 1.70. The van der Waals surface area contributed by atoms with Crippen LogP contribution in [0.3, 0.4) is 0 Å². The van der Waals surface area contributed by atoms with Crippen molar-refractivity contribution in [1.29, 1.82) is 0 Å². The van der Waals surface area contributed by atoms with Crippen molar-refractivity contribution < 1.29 is 0 Å². The minimum absolute atomic E-state index is 0.417. The molecule has 27 heavy (non-hydrogen) atoms. The minimum Gasteiger partial charge on any atom is -0.296 e. The monoisotopic (exact) mass is 377 g/mol. The molecule has 2 aliphatic rings. The molecule has 0 heterocycles. The molecule has 0 aromatic rings. The van der Waals surface area contributed by atoms with Crippen molar-refractivity contribution in [3.8, 4) is 0 Å². The Morgan fingerprint density at radius 1 is 0.963 bits per heavy atom. The molecular weight excluding hydrogens is 326 g/mol. The zero-order valence-electron chi connectivity index (χ0n) is 20.4. The Kier molecular flexibility index (Phi) is 7.54. The molecule has 7 unspecified atom stereocenters. The van der Waals surface area contributed by atoms with Crippen LogP contribution in [-0.2, 0) is 0 Å². The predicted octanol–water partition coefficient (Wildman–Crippen LogP) is 7.65. The van der Waals surface area contributed by atoms with E-state index < -0.39 is 0 Å². The molecule has 2 fully saturated rings. The Hall–Kier alpha value is -0.0400. The standard InChI is InChI=1S/C26H51N/c1-11-15-26(14-4,25(9,10)13-3)19(6)17-27(23-16-18(5)20(23)7)24-21(8)22(24)12-2/h18-24H,11-17H2,1-10H3/t18?,19?,20?,21?,22-,23?,24?,26?/m0/s1. The van der Waals surface area contributed by atoms with Crippen molar-refractivity contribution in [2.75, 3.05) is 6.54 Å². The summed E-state index contributed by atoms with van der Waals surface area (Å²) in [6.07, 6.45) is 8.10. The van der Waals surface area contributed by atoms with Gasteiger partial charge in [-0.3, -0.25) is 4.90 Å². The van der Waals surface area contributed by atoms with E-state index in [4.69, 9.17) is 0 Å². The first kappa shape index (κ1) is 23.2. The fourth-order valence-electron chi connectivity index (χ4n) is 7.14. The fraction of sp³-hybridized carbons (Fsp3) is 1.00. The molecule has 0 aliphatic heterocycles. The van der Waals surface area contributed by atoms with Crippen LogP contribution in [0.5, 0.6) is 0 Å². The van der Waals surface area contributed by atoms with Crippen LogP contribution in [0.1, 0.15) is 108 Å². The highest BCUT2D eigenvalue weighted by molar-refractivity contribution is 5.07. The molecule has 0 N–H and O–H groups in total. The second-order valence-electron chi connectivity index (χ2n) is 11.2. The zero-order valence-corrected chi connectivity index (χ0v) is 20.4. The first-order chi connectivity index (χ1) is 12.6. The van der Waals surface area contributed by atoms with Gasteiger partial charge in [0.25, 0.3) is 0 Å². The summed E-state index contributed by atoms with van der Waals surface area (Å²) in [5, 5.41) is 0. The fourth-order valence-corrected chi connectivity index (χ4v) is 7.14. The highest BCUT2D eigenvalue weighted by Crippen LogP contribution is 2.55. The number of hydrogen-bond acceptors (Lipinski definition) is 1. The average Bonchev–Trinajstić information content (AvgIpc) is 3.31. The molecule has 0 radical (unpaired) electrons. The van der Waals surface area contributed by atoms with E-state index in [1.165, 1.54) is 45.1 Å². The van der Waals surface area contributed by atoms with Crippen LogP contribution < -0.4 is 0 Å². The van der Waals surface area contributed by atoms with Crippen LogP contribution in [0, 0.1) is 40.4 Å². The van der Waals surface area contributed by atoms with Gasteiger partial charge in [-0.15, -0.1) is 0 Å². The number of rotatable bonds is 11. The van der Waals surface area contributed by atoms with E-state index in [-0.39, 0.29) is 0 Å². The summed E-state index contributed by atoms with van der Waals surface area (Å²) >= 11 is 0. The Morgan fingerprint density at radius 3 is 1.96 bits per heavy atom. The summed E-state index contributed by atoms with van der Waals surface area (Å²) in [6.45, 7) is 26.2. The molecule has 160 valence electrons. The summed E-state index contributed by atoms with van der Waals surface area (Å²) in [4.78, 5) is 3.03. The molecule has 0 amide bonds. The van der Waals surface area contributed by atoms with Gasteiger partial charge in [0.2, 0.25) is 0 Å². The minimum atomic E-state index is 0.417. The van der Waals surface area contributed by atoms with Crippen molar-refractivity contribution in [3.63, 3.8) is 0 Å². The van der Waals surface area contributed by atoms with Crippen LogP contribution in [0.2, 0.25) is 0 Å². The van der Waals surface area contributed by atoms with Gasteiger partial charge in [0.1, 0.15) is 0 Å². The van der Waals surface area contributed by atoms with Crippen molar-refractivity contribution in [2.24, 2.45) is 40.4 Å². The van der Waals surface area contributed by atoms with Crippen molar-refractivity contribution in [2.45, 2.75) is 120 Å². The Balaban J connectivity index is 2.26. The first-order valence-electron chi connectivity index (χ1n) is 12.4. The van der Waals surface area contributed by atoms with Gasteiger partial charge >= 0.3 is 0 Å². The maximum Gasteiger partial charge on any atom is 0.0158 e. The number of hydrogen-bond donors (Lipinski definition) is 0. The SMILES string of the molecule is CCCC(CC)(C(C)CN(C1CC(C)C1C)C1C(C)[C@@H]1CC)C(C)(C)CC. The van der Waals surface area contributed by atoms with E-state index in [0.717, 1.165) is 41.7 Å². The van der Waals surface area contributed by atoms with E-state index in [0.29, 0.717) is 10.8 Å². The molecule has 0 bridgehead atoms. The van der Waals surface area contributed by atoms with Crippen LogP contribution in [0.4, 0.5) is 0 Å². The highest BCUT2D eigenvalue weighted by Gasteiger charge is 2.55. The van der Waals surface area contributed by atoms with Gasteiger partial charge < -0.3 is 0 Å². The molecule has 8 atom stereocenters. The van der Waals surface area contributed by atoms with Crippen LogP contribution >= 0.6 is 0 Å². The van der Waals surface area contributed by atoms with Gasteiger partial charge in [0.05, 0.1) is 0 Å². The van der Waals surface area contributed by atoms with Crippen molar-refractivity contribution >= 4 is 0 Å². The maximum atomic E-state index is 3.03. The Bertz CT molecular complexity index is 465. The molecule has 1 nitrogen and oxygen atoms in total. The van der Waals surface area contributed by atoms with Gasteiger partial charge in [-0.1, -0.05) is 88.5 Å². The first-order valence-corrected chi connectivity index (χ1v) is 12.4. The van der Waals surface area contributed by atoms with Gasteiger partial charge in [0.15, 0.2) is 0 Å². The number of nitrogens with zero attached hydrogens (tertiary/aromatic N) is 1. The van der Waals surface area contributed by atoms with Crippen LogP contribution in [0.15, 0.2) is 0 Å². The Morgan fingerprint density at radius 2 is 1.59 bits per heavy atom. The van der Waals surface area contributed by atoms with Crippen molar-refractivity contribution in [1.82, 2.24) is 4.90 Å². The van der Waals surface area contributed by atoms with E-state index in [9.17, 15) is 0 Å². The lowest BCUT2D eigenvalue weighted by Gasteiger charge is -2.54. The third kappa shape index (κ3) is 4.01. The average molecular weight is 378 g/mol. The molecule has 0 aromatic heterocycles.